The highest BCUT2D eigenvalue weighted by Crippen LogP contribution is 2.16. The van der Waals surface area contributed by atoms with Gasteiger partial charge in [0, 0.05) is 0 Å². The Bertz CT molecular complexity index is 424. The molecule has 1 aromatic heterocycles. The topological polar surface area (TPSA) is 69.6 Å². The van der Waals surface area contributed by atoms with E-state index in [1.165, 1.54) is 4.68 Å². The number of rotatable bonds is 1. The van der Waals surface area contributed by atoms with Gasteiger partial charge in [0.1, 0.15) is 0 Å². The van der Waals surface area contributed by atoms with Crippen LogP contribution in [0.4, 0.5) is 5.69 Å². The predicted molar refractivity (Wildman–Crippen MR) is 50.8 cm³/mol. The molecule has 2 aromatic rings. The van der Waals surface area contributed by atoms with E-state index in [2.05, 4.69) is 28.2 Å². The average Bonchev–Trinajstić information content (AvgIpc) is 2.52. The summed E-state index contributed by atoms with van der Waals surface area (Å²) in [5.74, 6) is 0. The van der Waals surface area contributed by atoms with Crippen molar-refractivity contribution in [1.82, 2.24) is 20.2 Å². The lowest BCUT2D eigenvalue weighted by molar-refractivity contribution is 0.760. The average molecular weight is 193 g/mol. The lowest BCUT2D eigenvalue weighted by atomic mass is 10.3. The molecule has 13 heavy (non-hydrogen) atoms. The van der Waals surface area contributed by atoms with Gasteiger partial charge in [-0.3, -0.25) is 0 Å². The summed E-state index contributed by atoms with van der Waals surface area (Å²) in [4.78, 5) is 0. The molecule has 1 heterocycles. The Morgan fingerprint density at radius 1 is 1.31 bits per heavy atom. The molecule has 0 saturated carbocycles. The van der Waals surface area contributed by atoms with Gasteiger partial charge in [-0.25, -0.2) is 0 Å². The van der Waals surface area contributed by atoms with E-state index >= 15 is 0 Å². The molecular weight excluding hydrogens is 186 g/mol. The first-order chi connectivity index (χ1) is 6.29. The van der Waals surface area contributed by atoms with E-state index in [-0.39, 0.29) is 0 Å². The zero-order valence-corrected chi connectivity index (χ0v) is 7.52. The normalized spacial score (nSPS) is 10.2. The highest BCUT2D eigenvalue weighted by atomic mass is 32.1. The van der Waals surface area contributed by atoms with Gasteiger partial charge in [-0.05, 0) is 22.6 Å². The van der Waals surface area contributed by atoms with E-state index in [1.54, 1.807) is 6.07 Å². The zero-order valence-electron chi connectivity index (χ0n) is 6.62. The van der Waals surface area contributed by atoms with Crippen molar-refractivity contribution in [2.75, 3.05) is 5.73 Å². The first-order valence-electron chi connectivity index (χ1n) is 3.61. The summed E-state index contributed by atoms with van der Waals surface area (Å²) in [5.41, 5.74) is 7.08. The Morgan fingerprint density at radius 2 is 2.08 bits per heavy atom. The van der Waals surface area contributed by atoms with Crippen LogP contribution in [0.5, 0.6) is 0 Å². The molecule has 0 aliphatic rings. The Labute approximate surface area is 80.0 Å². The van der Waals surface area contributed by atoms with E-state index in [0.29, 0.717) is 10.8 Å². The van der Waals surface area contributed by atoms with Crippen LogP contribution >= 0.6 is 12.6 Å². The minimum atomic E-state index is 0.415. The van der Waals surface area contributed by atoms with Crippen LogP contribution in [0.15, 0.2) is 29.4 Å². The van der Waals surface area contributed by atoms with Gasteiger partial charge >= 0.3 is 0 Å². The van der Waals surface area contributed by atoms with Crippen LogP contribution in [0.1, 0.15) is 0 Å². The van der Waals surface area contributed by atoms with Crippen LogP contribution in [0, 0.1) is 0 Å². The molecule has 66 valence electrons. The minimum Gasteiger partial charge on any atom is -0.397 e. The van der Waals surface area contributed by atoms with Crippen LogP contribution in [0.25, 0.3) is 5.69 Å². The van der Waals surface area contributed by atoms with Crippen molar-refractivity contribution >= 4 is 18.3 Å². The second kappa shape index (κ2) is 3.06. The van der Waals surface area contributed by atoms with Crippen molar-refractivity contribution in [3.05, 3.63) is 24.3 Å². The van der Waals surface area contributed by atoms with Crippen LogP contribution in [-0.4, -0.2) is 20.2 Å². The molecule has 6 heteroatoms. The molecule has 0 saturated heterocycles. The summed E-state index contributed by atoms with van der Waals surface area (Å²) in [6.07, 6.45) is 0. The molecule has 2 N–H and O–H groups in total. The summed E-state index contributed by atoms with van der Waals surface area (Å²) in [6.45, 7) is 0. The fourth-order valence-electron chi connectivity index (χ4n) is 1.02. The maximum absolute atomic E-state index is 5.73. The number of hydrogen-bond donors (Lipinski definition) is 2. The fourth-order valence-corrected chi connectivity index (χ4v) is 1.21. The Kier molecular flexibility index (Phi) is 1.90. The van der Waals surface area contributed by atoms with E-state index in [1.807, 2.05) is 18.2 Å². The van der Waals surface area contributed by atoms with Gasteiger partial charge in [0.25, 0.3) is 0 Å². The minimum absolute atomic E-state index is 0.415. The maximum atomic E-state index is 5.73. The number of aromatic nitrogens is 4. The van der Waals surface area contributed by atoms with Gasteiger partial charge in [0.2, 0.25) is 5.16 Å². The predicted octanol–water partition coefficient (Wildman–Crippen LogP) is 0.533. The third-order valence-corrected chi connectivity index (χ3v) is 1.90. The molecule has 0 radical (unpaired) electrons. The smallest absolute Gasteiger partial charge is 0.211 e. The van der Waals surface area contributed by atoms with Gasteiger partial charge < -0.3 is 5.73 Å². The Balaban J connectivity index is 2.59. The SMILES string of the molecule is Nc1ccccc1-n1nnnc1S. The van der Waals surface area contributed by atoms with Gasteiger partial charge in [0.15, 0.2) is 0 Å². The summed E-state index contributed by atoms with van der Waals surface area (Å²) >= 11 is 4.08. The molecule has 2 rings (SSSR count). The van der Waals surface area contributed by atoms with E-state index in [9.17, 15) is 0 Å². The highest BCUT2D eigenvalue weighted by Gasteiger charge is 2.05. The Morgan fingerprint density at radius 3 is 2.69 bits per heavy atom. The van der Waals surface area contributed by atoms with Crippen molar-refractivity contribution in [3.63, 3.8) is 0 Å². The standard InChI is InChI=1S/C7H7N5S/c8-5-3-1-2-4-6(5)12-7(13)9-10-11-12/h1-4H,8H2,(H,9,11,13). The first-order valence-corrected chi connectivity index (χ1v) is 4.06. The molecule has 0 atom stereocenters. The summed E-state index contributed by atoms with van der Waals surface area (Å²) in [5, 5.41) is 11.3. The quantitative estimate of drug-likeness (QED) is 0.512. The number of hydrogen-bond acceptors (Lipinski definition) is 5. The molecule has 0 amide bonds. The number of para-hydroxylation sites is 2. The lowest BCUT2D eigenvalue weighted by Crippen LogP contribution is -2.01. The van der Waals surface area contributed by atoms with Gasteiger partial charge in [-0.15, -0.1) is 17.7 Å². The van der Waals surface area contributed by atoms with Crippen LogP contribution in [0.3, 0.4) is 0 Å². The number of nitrogens with zero attached hydrogens (tertiary/aromatic N) is 4. The summed E-state index contributed by atoms with van der Waals surface area (Å²) in [6, 6.07) is 7.32. The van der Waals surface area contributed by atoms with Gasteiger partial charge in [-0.2, -0.15) is 4.68 Å². The van der Waals surface area contributed by atoms with E-state index in [4.69, 9.17) is 5.73 Å². The van der Waals surface area contributed by atoms with Crippen molar-refractivity contribution < 1.29 is 0 Å². The van der Waals surface area contributed by atoms with Crippen LogP contribution < -0.4 is 5.73 Å². The Hall–Kier alpha value is -1.56. The maximum Gasteiger partial charge on any atom is 0.211 e. The lowest BCUT2D eigenvalue weighted by Gasteiger charge is -2.03. The number of nitrogens with two attached hydrogens (primary N) is 1. The van der Waals surface area contributed by atoms with Gasteiger partial charge in [0.05, 0.1) is 11.4 Å². The third-order valence-electron chi connectivity index (χ3n) is 1.62. The molecule has 0 unspecified atom stereocenters. The van der Waals surface area contributed by atoms with Crippen molar-refractivity contribution in [1.29, 1.82) is 0 Å². The van der Waals surface area contributed by atoms with Gasteiger partial charge in [-0.1, -0.05) is 12.1 Å². The largest absolute Gasteiger partial charge is 0.397 e. The van der Waals surface area contributed by atoms with Crippen LogP contribution in [-0.2, 0) is 0 Å². The van der Waals surface area contributed by atoms with Crippen molar-refractivity contribution in [3.8, 4) is 5.69 Å². The number of nitrogen functional groups attached to an aromatic ring is 1. The molecule has 1 aromatic carbocycles. The number of thiol groups is 1. The first kappa shape index (κ1) is 8.06. The third kappa shape index (κ3) is 1.35. The van der Waals surface area contributed by atoms with E-state index in [0.717, 1.165) is 5.69 Å². The molecule has 0 bridgehead atoms. The summed E-state index contributed by atoms with van der Waals surface area (Å²) in [7, 11) is 0. The molecule has 0 aliphatic heterocycles. The van der Waals surface area contributed by atoms with E-state index < -0.39 is 0 Å². The van der Waals surface area contributed by atoms with Crippen molar-refractivity contribution in [2.24, 2.45) is 0 Å². The molecule has 0 spiro atoms. The molecular formula is C7H7N5S. The molecule has 0 fully saturated rings. The molecule has 0 aliphatic carbocycles. The molecule has 5 nitrogen and oxygen atoms in total. The number of anilines is 1. The second-order valence-electron chi connectivity index (χ2n) is 2.45. The van der Waals surface area contributed by atoms with Crippen LogP contribution in [0.2, 0.25) is 0 Å². The number of benzene rings is 1. The van der Waals surface area contributed by atoms with Crippen molar-refractivity contribution in [2.45, 2.75) is 5.16 Å². The fraction of sp³-hybridized carbons (Fsp3) is 0. The number of tetrazole rings is 1. The zero-order chi connectivity index (χ0) is 9.26. The highest BCUT2D eigenvalue weighted by molar-refractivity contribution is 7.80. The second-order valence-corrected chi connectivity index (χ2v) is 2.85. The monoisotopic (exact) mass is 193 g/mol. The summed E-state index contributed by atoms with van der Waals surface area (Å²) < 4.78 is 1.47.